The van der Waals surface area contributed by atoms with Gasteiger partial charge in [0.25, 0.3) is 0 Å². The van der Waals surface area contributed by atoms with Gasteiger partial charge in [-0.25, -0.2) is 0 Å². The third-order valence-electron chi connectivity index (χ3n) is 3.01. The Bertz CT molecular complexity index is 348. The maximum atomic E-state index is 5.21. The summed E-state index contributed by atoms with van der Waals surface area (Å²) in [7, 11) is 1.71. The number of thioether (sulfide) groups is 1. The number of hydrogen-bond acceptors (Lipinski definition) is 3. The molecule has 1 aliphatic heterocycles. The van der Waals surface area contributed by atoms with Gasteiger partial charge in [-0.1, -0.05) is 0 Å². The smallest absolute Gasteiger partial charge is 0.119 e. The predicted molar refractivity (Wildman–Crippen MR) is 71.7 cm³/mol. The van der Waals surface area contributed by atoms with Crippen LogP contribution in [0.25, 0.3) is 0 Å². The maximum absolute atomic E-state index is 5.21. The highest BCUT2D eigenvalue weighted by atomic mass is 32.2. The van der Waals surface area contributed by atoms with Gasteiger partial charge >= 0.3 is 0 Å². The first-order valence-electron chi connectivity index (χ1n) is 5.78. The SMILES string of the molecule is COc1ccc(NC2CCSCC2)c(C)c1. The quantitative estimate of drug-likeness (QED) is 0.871. The summed E-state index contributed by atoms with van der Waals surface area (Å²) in [5, 5.41) is 3.63. The molecule has 16 heavy (non-hydrogen) atoms. The molecule has 1 heterocycles. The highest BCUT2D eigenvalue weighted by Gasteiger charge is 2.13. The zero-order valence-electron chi connectivity index (χ0n) is 9.95. The van der Waals surface area contributed by atoms with E-state index in [4.69, 9.17) is 4.74 Å². The number of rotatable bonds is 3. The molecule has 0 amide bonds. The fourth-order valence-corrected chi connectivity index (χ4v) is 3.09. The second-order valence-corrected chi connectivity index (χ2v) is 5.44. The first-order chi connectivity index (χ1) is 7.79. The minimum Gasteiger partial charge on any atom is -0.497 e. The number of anilines is 1. The lowest BCUT2D eigenvalue weighted by molar-refractivity contribution is 0.414. The van der Waals surface area contributed by atoms with Crippen LogP contribution in [0.1, 0.15) is 18.4 Å². The Morgan fingerprint density at radius 2 is 2.06 bits per heavy atom. The standard InChI is InChI=1S/C13H19NOS/c1-10-9-12(15-2)3-4-13(10)14-11-5-7-16-8-6-11/h3-4,9,11,14H,5-8H2,1-2H3. The fourth-order valence-electron chi connectivity index (χ4n) is 1.99. The fraction of sp³-hybridized carbons (Fsp3) is 0.538. The van der Waals surface area contributed by atoms with Gasteiger partial charge in [0.05, 0.1) is 7.11 Å². The Morgan fingerprint density at radius 3 is 2.69 bits per heavy atom. The van der Waals surface area contributed by atoms with Gasteiger partial charge in [0.15, 0.2) is 0 Å². The van der Waals surface area contributed by atoms with E-state index in [0.717, 1.165) is 5.75 Å². The van der Waals surface area contributed by atoms with E-state index in [1.807, 2.05) is 6.07 Å². The molecule has 0 atom stereocenters. The van der Waals surface area contributed by atoms with Crippen LogP contribution in [0.5, 0.6) is 5.75 Å². The summed E-state index contributed by atoms with van der Waals surface area (Å²) in [5.74, 6) is 3.50. The van der Waals surface area contributed by atoms with Crippen LogP contribution in [0.3, 0.4) is 0 Å². The molecule has 1 aromatic rings. The number of benzene rings is 1. The number of nitrogens with one attached hydrogen (secondary N) is 1. The predicted octanol–water partition coefficient (Wildman–Crippen LogP) is 3.31. The highest BCUT2D eigenvalue weighted by Crippen LogP contribution is 2.25. The average molecular weight is 237 g/mol. The van der Waals surface area contributed by atoms with Crippen LogP contribution in [0.2, 0.25) is 0 Å². The van der Waals surface area contributed by atoms with Crippen LogP contribution in [0.4, 0.5) is 5.69 Å². The summed E-state index contributed by atoms with van der Waals surface area (Å²) in [6.45, 7) is 2.13. The van der Waals surface area contributed by atoms with Gasteiger partial charge in [-0.05, 0) is 55.0 Å². The minimum absolute atomic E-state index is 0.647. The van der Waals surface area contributed by atoms with E-state index >= 15 is 0 Å². The van der Waals surface area contributed by atoms with Crippen molar-refractivity contribution in [3.05, 3.63) is 23.8 Å². The monoisotopic (exact) mass is 237 g/mol. The molecule has 0 unspecified atom stereocenters. The number of hydrogen-bond donors (Lipinski definition) is 1. The summed E-state index contributed by atoms with van der Waals surface area (Å²) in [6, 6.07) is 6.87. The molecular weight excluding hydrogens is 218 g/mol. The second kappa shape index (κ2) is 5.48. The van der Waals surface area contributed by atoms with Crippen molar-refractivity contribution in [2.45, 2.75) is 25.8 Å². The van der Waals surface area contributed by atoms with Crippen LogP contribution < -0.4 is 10.1 Å². The molecule has 0 bridgehead atoms. The van der Waals surface area contributed by atoms with Crippen molar-refractivity contribution in [1.82, 2.24) is 0 Å². The lowest BCUT2D eigenvalue weighted by Gasteiger charge is -2.24. The summed E-state index contributed by atoms with van der Waals surface area (Å²) in [5.41, 5.74) is 2.51. The Morgan fingerprint density at radius 1 is 1.31 bits per heavy atom. The first-order valence-corrected chi connectivity index (χ1v) is 6.94. The molecule has 1 aliphatic rings. The van der Waals surface area contributed by atoms with E-state index in [9.17, 15) is 0 Å². The highest BCUT2D eigenvalue weighted by molar-refractivity contribution is 7.99. The Hall–Kier alpha value is -0.830. The Balaban J connectivity index is 2.03. The summed E-state index contributed by atoms with van der Waals surface area (Å²) >= 11 is 2.06. The van der Waals surface area contributed by atoms with E-state index in [1.165, 1.54) is 35.6 Å². The molecule has 0 aliphatic carbocycles. The molecule has 1 aromatic carbocycles. The normalized spacial score (nSPS) is 17.1. The second-order valence-electron chi connectivity index (χ2n) is 4.21. The van der Waals surface area contributed by atoms with Gasteiger partial charge in [-0.15, -0.1) is 0 Å². The molecule has 1 N–H and O–H groups in total. The number of methoxy groups -OCH3 is 1. The van der Waals surface area contributed by atoms with Crippen LogP contribution in [0.15, 0.2) is 18.2 Å². The van der Waals surface area contributed by atoms with Crippen LogP contribution in [-0.2, 0) is 0 Å². The molecule has 0 saturated carbocycles. The lowest BCUT2D eigenvalue weighted by atomic mass is 10.1. The van der Waals surface area contributed by atoms with Gasteiger partial charge in [-0.2, -0.15) is 11.8 Å². The molecule has 0 radical (unpaired) electrons. The summed E-state index contributed by atoms with van der Waals surface area (Å²) < 4.78 is 5.21. The molecule has 0 aromatic heterocycles. The van der Waals surface area contributed by atoms with Gasteiger partial charge in [-0.3, -0.25) is 0 Å². The van der Waals surface area contributed by atoms with Crippen molar-refractivity contribution >= 4 is 17.4 Å². The van der Waals surface area contributed by atoms with Gasteiger partial charge < -0.3 is 10.1 Å². The molecule has 2 nitrogen and oxygen atoms in total. The number of aryl methyl sites for hydroxylation is 1. The summed E-state index contributed by atoms with van der Waals surface area (Å²) in [6.07, 6.45) is 2.55. The molecule has 1 saturated heterocycles. The van der Waals surface area contributed by atoms with Crippen LogP contribution >= 0.6 is 11.8 Å². The van der Waals surface area contributed by atoms with E-state index in [1.54, 1.807) is 7.11 Å². The van der Waals surface area contributed by atoms with Crippen LogP contribution in [-0.4, -0.2) is 24.7 Å². The summed E-state index contributed by atoms with van der Waals surface area (Å²) in [4.78, 5) is 0. The Labute approximate surface area is 102 Å². The zero-order chi connectivity index (χ0) is 11.4. The molecular formula is C13H19NOS. The van der Waals surface area contributed by atoms with Gasteiger partial charge in [0.2, 0.25) is 0 Å². The van der Waals surface area contributed by atoms with Crippen LogP contribution in [0, 0.1) is 6.92 Å². The van der Waals surface area contributed by atoms with Crippen molar-refractivity contribution in [3.63, 3.8) is 0 Å². The zero-order valence-corrected chi connectivity index (χ0v) is 10.8. The molecule has 2 rings (SSSR count). The maximum Gasteiger partial charge on any atom is 0.119 e. The van der Waals surface area contributed by atoms with Gasteiger partial charge in [0, 0.05) is 11.7 Å². The molecule has 3 heteroatoms. The van der Waals surface area contributed by atoms with E-state index in [2.05, 4.69) is 36.1 Å². The van der Waals surface area contributed by atoms with E-state index in [0.29, 0.717) is 6.04 Å². The largest absolute Gasteiger partial charge is 0.497 e. The van der Waals surface area contributed by atoms with Gasteiger partial charge in [0.1, 0.15) is 5.75 Å². The molecule has 0 spiro atoms. The average Bonchev–Trinajstić information content (AvgIpc) is 2.33. The van der Waals surface area contributed by atoms with E-state index < -0.39 is 0 Å². The van der Waals surface area contributed by atoms with E-state index in [-0.39, 0.29) is 0 Å². The first kappa shape index (κ1) is 11.6. The van der Waals surface area contributed by atoms with Crippen molar-refractivity contribution < 1.29 is 4.74 Å². The molecule has 88 valence electrons. The van der Waals surface area contributed by atoms with Crippen molar-refractivity contribution in [1.29, 1.82) is 0 Å². The van der Waals surface area contributed by atoms with Crippen molar-refractivity contribution in [3.8, 4) is 5.75 Å². The minimum atomic E-state index is 0.647. The van der Waals surface area contributed by atoms with Crippen molar-refractivity contribution in [2.24, 2.45) is 0 Å². The number of ether oxygens (including phenoxy) is 1. The third kappa shape index (κ3) is 2.85. The third-order valence-corrected chi connectivity index (χ3v) is 4.06. The lowest BCUT2D eigenvalue weighted by Crippen LogP contribution is -2.24. The van der Waals surface area contributed by atoms with Crippen molar-refractivity contribution in [2.75, 3.05) is 23.9 Å². The molecule has 1 fully saturated rings. The topological polar surface area (TPSA) is 21.3 Å². The Kier molecular flexibility index (Phi) is 3.99.